The van der Waals surface area contributed by atoms with Crippen LogP contribution in [0.4, 0.5) is 5.69 Å². The van der Waals surface area contributed by atoms with Crippen molar-refractivity contribution in [2.75, 3.05) is 6.61 Å². The summed E-state index contributed by atoms with van der Waals surface area (Å²) in [6.45, 7) is 1.11. The van der Waals surface area contributed by atoms with Gasteiger partial charge in [0.05, 0.1) is 10.5 Å². The van der Waals surface area contributed by atoms with Crippen LogP contribution in [0.25, 0.3) is 0 Å². The maximum absolute atomic E-state index is 12.0. The molecule has 0 spiro atoms. The van der Waals surface area contributed by atoms with Crippen molar-refractivity contribution in [3.05, 3.63) is 73.7 Å². The number of ketones is 1. The van der Waals surface area contributed by atoms with Crippen molar-refractivity contribution in [1.29, 1.82) is 0 Å². The standard InChI is InChI=1S/C16H12BrNO5/c1-10-2-3-12(8-14(10)18(21)22)15(19)9-23-16(20)11-4-6-13(17)7-5-11/h2-8H,9H2,1H3. The lowest BCUT2D eigenvalue weighted by atomic mass is 10.1. The van der Waals surface area contributed by atoms with Gasteiger partial charge < -0.3 is 4.74 Å². The third-order valence-electron chi connectivity index (χ3n) is 3.14. The number of nitrogens with zero attached hydrogens (tertiary/aromatic N) is 1. The fourth-order valence-electron chi connectivity index (χ4n) is 1.86. The minimum atomic E-state index is -0.632. The molecule has 0 saturated heterocycles. The summed E-state index contributed by atoms with van der Waals surface area (Å²) < 4.78 is 5.76. The summed E-state index contributed by atoms with van der Waals surface area (Å²) in [5.74, 6) is -1.13. The Labute approximate surface area is 140 Å². The second kappa shape index (κ2) is 7.15. The first kappa shape index (κ1) is 16.8. The highest BCUT2D eigenvalue weighted by molar-refractivity contribution is 9.10. The molecule has 0 radical (unpaired) electrons. The lowest BCUT2D eigenvalue weighted by Gasteiger charge is -2.05. The first-order valence-corrected chi connectivity index (χ1v) is 7.38. The van der Waals surface area contributed by atoms with Crippen LogP contribution in [-0.2, 0) is 4.74 Å². The number of ether oxygens (including phenoxy) is 1. The van der Waals surface area contributed by atoms with Gasteiger partial charge in [0.25, 0.3) is 5.69 Å². The molecule has 0 aliphatic heterocycles. The van der Waals surface area contributed by atoms with Crippen LogP contribution in [0.3, 0.4) is 0 Å². The summed E-state index contributed by atoms with van der Waals surface area (Å²) in [6.07, 6.45) is 0. The molecule has 0 atom stereocenters. The van der Waals surface area contributed by atoms with Gasteiger partial charge in [0, 0.05) is 21.7 Å². The smallest absolute Gasteiger partial charge is 0.338 e. The van der Waals surface area contributed by atoms with E-state index in [1.807, 2.05) is 0 Å². The lowest BCUT2D eigenvalue weighted by Crippen LogP contribution is -2.14. The zero-order chi connectivity index (χ0) is 17.0. The number of halogens is 1. The molecule has 118 valence electrons. The third-order valence-corrected chi connectivity index (χ3v) is 3.67. The largest absolute Gasteiger partial charge is 0.454 e. The van der Waals surface area contributed by atoms with Gasteiger partial charge in [-0.3, -0.25) is 14.9 Å². The number of nitro groups is 1. The zero-order valence-corrected chi connectivity index (χ0v) is 13.7. The molecule has 0 aromatic heterocycles. The summed E-state index contributed by atoms with van der Waals surface area (Å²) in [5, 5.41) is 10.9. The molecule has 0 aliphatic rings. The van der Waals surface area contributed by atoms with E-state index in [4.69, 9.17) is 4.74 Å². The van der Waals surface area contributed by atoms with Crippen LogP contribution in [0.2, 0.25) is 0 Å². The third kappa shape index (κ3) is 4.23. The van der Waals surface area contributed by atoms with E-state index in [0.29, 0.717) is 11.1 Å². The molecule has 0 aliphatic carbocycles. The fourth-order valence-corrected chi connectivity index (χ4v) is 2.13. The summed E-state index contributed by atoms with van der Waals surface area (Å²) in [5.41, 5.74) is 0.760. The van der Waals surface area contributed by atoms with E-state index in [1.165, 1.54) is 18.2 Å². The maximum atomic E-state index is 12.0. The van der Waals surface area contributed by atoms with Crippen LogP contribution in [-0.4, -0.2) is 23.3 Å². The van der Waals surface area contributed by atoms with E-state index in [1.54, 1.807) is 31.2 Å². The molecular formula is C16H12BrNO5. The van der Waals surface area contributed by atoms with Gasteiger partial charge in [-0.25, -0.2) is 4.79 Å². The second-order valence-corrected chi connectivity index (χ2v) is 5.68. The highest BCUT2D eigenvalue weighted by atomic mass is 79.9. The quantitative estimate of drug-likeness (QED) is 0.343. The first-order chi connectivity index (χ1) is 10.9. The molecule has 0 saturated carbocycles. The number of aryl methyl sites for hydroxylation is 1. The van der Waals surface area contributed by atoms with Crippen LogP contribution in [0, 0.1) is 17.0 Å². The number of Topliss-reactive ketones (excluding diaryl/α,β-unsaturated/α-hetero) is 1. The Morgan fingerprint density at radius 1 is 1.13 bits per heavy atom. The van der Waals surface area contributed by atoms with Gasteiger partial charge in [-0.2, -0.15) is 0 Å². The van der Waals surface area contributed by atoms with Crippen molar-refractivity contribution in [3.8, 4) is 0 Å². The average molecular weight is 378 g/mol. The normalized spacial score (nSPS) is 10.2. The topological polar surface area (TPSA) is 86.5 Å². The van der Waals surface area contributed by atoms with E-state index in [0.717, 1.165) is 4.47 Å². The van der Waals surface area contributed by atoms with Crippen LogP contribution in [0.5, 0.6) is 0 Å². The molecule has 2 aromatic rings. The van der Waals surface area contributed by atoms with Crippen molar-refractivity contribution in [3.63, 3.8) is 0 Å². The molecule has 0 heterocycles. The van der Waals surface area contributed by atoms with Crippen LogP contribution >= 0.6 is 15.9 Å². The van der Waals surface area contributed by atoms with Gasteiger partial charge >= 0.3 is 5.97 Å². The Hall–Kier alpha value is -2.54. The van der Waals surface area contributed by atoms with E-state index in [9.17, 15) is 19.7 Å². The van der Waals surface area contributed by atoms with Crippen molar-refractivity contribution < 1.29 is 19.2 Å². The Morgan fingerprint density at radius 2 is 1.74 bits per heavy atom. The number of carbonyl (C=O) groups excluding carboxylic acids is 2. The Kier molecular flexibility index (Phi) is 5.23. The van der Waals surface area contributed by atoms with Crippen molar-refractivity contribution in [1.82, 2.24) is 0 Å². The summed E-state index contributed by atoms with van der Waals surface area (Å²) >= 11 is 3.25. The molecule has 0 amide bonds. The van der Waals surface area contributed by atoms with Crippen molar-refractivity contribution >= 4 is 33.4 Å². The molecule has 23 heavy (non-hydrogen) atoms. The monoisotopic (exact) mass is 377 g/mol. The fraction of sp³-hybridized carbons (Fsp3) is 0.125. The van der Waals surface area contributed by atoms with E-state index < -0.39 is 23.3 Å². The number of hydrogen-bond acceptors (Lipinski definition) is 5. The van der Waals surface area contributed by atoms with Crippen LogP contribution in [0.1, 0.15) is 26.3 Å². The summed E-state index contributed by atoms with van der Waals surface area (Å²) in [7, 11) is 0. The highest BCUT2D eigenvalue weighted by Gasteiger charge is 2.16. The second-order valence-electron chi connectivity index (χ2n) is 4.76. The van der Waals surface area contributed by atoms with Gasteiger partial charge in [-0.05, 0) is 31.2 Å². The van der Waals surface area contributed by atoms with Gasteiger partial charge in [-0.1, -0.05) is 28.1 Å². The molecule has 2 rings (SSSR count). The van der Waals surface area contributed by atoms with Crippen molar-refractivity contribution in [2.45, 2.75) is 6.92 Å². The number of nitro benzene ring substituents is 1. The van der Waals surface area contributed by atoms with Gasteiger partial charge in [-0.15, -0.1) is 0 Å². The zero-order valence-electron chi connectivity index (χ0n) is 12.1. The van der Waals surface area contributed by atoms with E-state index in [-0.39, 0.29) is 11.3 Å². The lowest BCUT2D eigenvalue weighted by molar-refractivity contribution is -0.385. The van der Waals surface area contributed by atoms with Crippen LogP contribution < -0.4 is 0 Å². The number of esters is 1. The number of rotatable bonds is 5. The maximum Gasteiger partial charge on any atom is 0.338 e. The first-order valence-electron chi connectivity index (χ1n) is 6.59. The molecule has 6 nitrogen and oxygen atoms in total. The van der Waals surface area contributed by atoms with E-state index in [2.05, 4.69) is 15.9 Å². The van der Waals surface area contributed by atoms with Crippen LogP contribution in [0.15, 0.2) is 46.9 Å². The van der Waals surface area contributed by atoms with Gasteiger partial charge in [0.1, 0.15) is 0 Å². The minimum absolute atomic E-state index is 0.130. The molecule has 0 N–H and O–H groups in total. The predicted octanol–water partition coefficient (Wildman–Crippen LogP) is 3.71. The molecule has 0 bridgehead atoms. The Balaban J connectivity index is 2.05. The van der Waals surface area contributed by atoms with E-state index >= 15 is 0 Å². The number of hydrogen-bond donors (Lipinski definition) is 0. The average Bonchev–Trinajstić information content (AvgIpc) is 2.53. The minimum Gasteiger partial charge on any atom is -0.454 e. The van der Waals surface area contributed by atoms with Gasteiger partial charge in [0.15, 0.2) is 6.61 Å². The molecule has 0 fully saturated rings. The number of benzene rings is 2. The Bertz CT molecular complexity index is 771. The highest BCUT2D eigenvalue weighted by Crippen LogP contribution is 2.19. The Morgan fingerprint density at radius 3 is 2.35 bits per heavy atom. The summed E-state index contributed by atoms with van der Waals surface area (Å²) in [4.78, 5) is 34.2. The molecular weight excluding hydrogens is 366 g/mol. The molecule has 0 unspecified atom stereocenters. The SMILES string of the molecule is Cc1ccc(C(=O)COC(=O)c2ccc(Br)cc2)cc1[N+](=O)[O-]. The summed E-state index contributed by atoms with van der Waals surface area (Å²) in [6, 6.07) is 10.6. The predicted molar refractivity (Wildman–Crippen MR) is 86.6 cm³/mol. The van der Waals surface area contributed by atoms with Crippen molar-refractivity contribution in [2.24, 2.45) is 0 Å². The molecule has 2 aromatic carbocycles. The number of carbonyl (C=O) groups is 2. The van der Waals surface area contributed by atoms with Gasteiger partial charge in [0.2, 0.25) is 5.78 Å². The molecule has 7 heteroatoms.